The third-order valence-corrected chi connectivity index (χ3v) is 8.27. The normalized spacial score (nSPS) is 17.5. The molecule has 1 aromatic carbocycles. The molecule has 0 unspecified atom stereocenters. The summed E-state index contributed by atoms with van der Waals surface area (Å²) < 4.78 is 30.8. The molecule has 1 fully saturated rings. The monoisotopic (exact) mass is 631 g/mol. The van der Waals surface area contributed by atoms with Gasteiger partial charge in [0.25, 0.3) is 5.56 Å². The van der Waals surface area contributed by atoms with E-state index in [1.54, 1.807) is 39.2 Å². The van der Waals surface area contributed by atoms with Crippen LogP contribution in [0.3, 0.4) is 0 Å². The Morgan fingerprint density at radius 3 is 2.67 bits per heavy atom. The Bertz CT molecular complexity index is 1630. The molecule has 12 heteroatoms. The quantitative estimate of drug-likeness (QED) is 0.349. The Balaban J connectivity index is 1.65. The van der Waals surface area contributed by atoms with E-state index in [2.05, 4.69) is 25.8 Å². The molecule has 4 heterocycles. The van der Waals surface area contributed by atoms with E-state index < -0.39 is 12.0 Å². The molecule has 0 radical (unpaired) electrons. The maximum atomic E-state index is 13.9. The van der Waals surface area contributed by atoms with Crippen LogP contribution in [0.4, 0.5) is 5.88 Å². The van der Waals surface area contributed by atoms with E-state index in [1.807, 2.05) is 19.1 Å². The fourth-order valence-electron chi connectivity index (χ4n) is 4.78. The Morgan fingerprint density at radius 2 is 1.98 bits per heavy atom. The van der Waals surface area contributed by atoms with Crippen molar-refractivity contribution in [2.24, 2.45) is 4.99 Å². The minimum Gasteiger partial charge on any atom is -0.493 e. The lowest BCUT2D eigenvalue weighted by molar-refractivity contribution is -0.139. The van der Waals surface area contributed by atoms with Gasteiger partial charge in [-0.3, -0.25) is 9.36 Å². The number of hydrogen-bond donors (Lipinski definition) is 0. The number of benzene rings is 1. The van der Waals surface area contributed by atoms with Crippen molar-refractivity contribution < 1.29 is 28.2 Å². The molecular weight excluding hydrogens is 602 g/mol. The summed E-state index contributed by atoms with van der Waals surface area (Å²) in [6, 6.07) is 6.47. The van der Waals surface area contributed by atoms with Crippen LogP contribution >= 0.6 is 27.3 Å². The van der Waals surface area contributed by atoms with E-state index in [0.29, 0.717) is 62.1 Å². The Morgan fingerprint density at radius 1 is 1.20 bits per heavy atom. The summed E-state index contributed by atoms with van der Waals surface area (Å²) in [5.41, 5.74) is 1.09. The smallest absolute Gasteiger partial charge is 0.338 e. The number of nitrogens with zero attached hydrogens (tertiary/aromatic N) is 3. The van der Waals surface area contributed by atoms with Gasteiger partial charge < -0.3 is 28.3 Å². The summed E-state index contributed by atoms with van der Waals surface area (Å²) in [6.45, 7) is 8.77. The molecule has 2 aromatic heterocycles. The number of thiazole rings is 1. The third kappa shape index (κ3) is 5.35. The number of hydrogen-bond acceptors (Lipinski definition) is 10. The van der Waals surface area contributed by atoms with E-state index in [4.69, 9.17) is 23.4 Å². The molecule has 0 aliphatic carbocycles. The molecule has 1 saturated heterocycles. The maximum absolute atomic E-state index is 13.9. The Kier molecular flexibility index (Phi) is 8.48. The van der Waals surface area contributed by atoms with Crippen molar-refractivity contribution in [1.29, 1.82) is 0 Å². The molecule has 5 rings (SSSR count). The highest BCUT2D eigenvalue weighted by atomic mass is 79.9. The van der Waals surface area contributed by atoms with Crippen LogP contribution in [0.25, 0.3) is 6.08 Å². The number of ether oxygens (including phenoxy) is 4. The number of carbonyl (C=O) groups is 1. The van der Waals surface area contributed by atoms with Gasteiger partial charge in [-0.2, -0.15) is 0 Å². The second kappa shape index (κ2) is 12.0. The number of allylic oxidation sites excluding steroid dienone is 1. The van der Waals surface area contributed by atoms with E-state index in [1.165, 1.54) is 15.9 Å². The van der Waals surface area contributed by atoms with E-state index in [9.17, 15) is 9.59 Å². The number of esters is 1. The van der Waals surface area contributed by atoms with Gasteiger partial charge in [0.2, 0.25) is 0 Å². The average molecular weight is 633 g/mol. The van der Waals surface area contributed by atoms with Crippen LogP contribution in [0.1, 0.15) is 38.1 Å². The van der Waals surface area contributed by atoms with Gasteiger partial charge in [0.05, 0.1) is 55.4 Å². The number of furan rings is 1. The molecule has 2 aliphatic heterocycles. The van der Waals surface area contributed by atoms with Gasteiger partial charge in [-0.25, -0.2) is 9.79 Å². The predicted octanol–water partition coefficient (Wildman–Crippen LogP) is 3.40. The highest BCUT2D eigenvalue weighted by Gasteiger charge is 2.35. The first kappa shape index (κ1) is 28.2. The van der Waals surface area contributed by atoms with Crippen LogP contribution in [0.2, 0.25) is 0 Å². The number of rotatable bonds is 8. The van der Waals surface area contributed by atoms with Crippen LogP contribution < -0.4 is 29.3 Å². The first-order valence-electron chi connectivity index (χ1n) is 13.0. The number of methoxy groups -OCH3 is 1. The molecule has 0 saturated carbocycles. The zero-order valence-electron chi connectivity index (χ0n) is 22.7. The Labute approximate surface area is 243 Å². The number of carbonyl (C=O) groups excluding carboxylic acids is 1. The van der Waals surface area contributed by atoms with Crippen molar-refractivity contribution >= 4 is 45.2 Å². The van der Waals surface area contributed by atoms with Crippen molar-refractivity contribution in [2.45, 2.75) is 26.8 Å². The van der Waals surface area contributed by atoms with Crippen molar-refractivity contribution in [3.63, 3.8) is 0 Å². The first-order valence-corrected chi connectivity index (χ1v) is 14.6. The molecule has 212 valence electrons. The zero-order valence-corrected chi connectivity index (χ0v) is 25.1. The SMILES string of the molecule is CCOC(=O)C1=C(C)N=c2s/c(=C/c3ccc(N4CCOCC4)o3)c(=O)n2[C@@H]1c1cc(OC)c(OCC)cc1Br. The van der Waals surface area contributed by atoms with Crippen LogP contribution in [0.5, 0.6) is 11.5 Å². The second-order valence-electron chi connectivity index (χ2n) is 9.04. The largest absolute Gasteiger partial charge is 0.493 e. The van der Waals surface area contributed by atoms with Gasteiger partial charge in [0.1, 0.15) is 5.76 Å². The molecule has 0 amide bonds. The number of aromatic nitrogens is 1. The summed E-state index contributed by atoms with van der Waals surface area (Å²) in [5.74, 6) is 1.76. The molecule has 0 bridgehead atoms. The maximum Gasteiger partial charge on any atom is 0.338 e. The lowest BCUT2D eigenvalue weighted by Crippen LogP contribution is -2.40. The molecule has 40 heavy (non-hydrogen) atoms. The highest BCUT2D eigenvalue weighted by molar-refractivity contribution is 9.10. The third-order valence-electron chi connectivity index (χ3n) is 6.60. The summed E-state index contributed by atoms with van der Waals surface area (Å²) in [6.07, 6.45) is 1.71. The number of fused-ring (bicyclic) bond motifs is 1. The first-order chi connectivity index (χ1) is 19.4. The predicted molar refractivity (Wildman–Crippen MR) is 154 cm³/mol. The molecule has 10 nitrogen and oxygen atoms in total. The summed E-state index contributed by atoms with van der Waals surface area (Å²) in [7, 11) is 1.54. The van der Waals surface area contributed by atoms with E-state index in [0.717, 1.165) is 19.0 Å². The van der Waals surface area contributed by atoms with Gasteiger partial charge in [-0.15, -0.1) is 0 Å². The zero-order chi connectivity index (χ0) is 28.4. The fraction of sp³-hybridized carbons (Fsp3) is 0.393. The van der Waals surface area contributed by atoms with Crippen LogP contribution in [0.15, 0.2) is 54.2 Å². The Hall–Kier alpha value is -3.35. The van der Waals surface area contributed by atoms with Crippen LogP contribution in [-0.2, 0) is 14.3 Å². The van der Waals surface area contributed by atoms with Gasteiger partial charge in [-0.05, 0) is 44.5 Å². The van der Waals surface area contributed by atoms with Gasteiger partial charge in [-0.1, -0.05) is 27.3 Å². The van der Waals surface area contributed by atoms with Crippen LogP contribution in [-0.4, -0.2) is 57.2 Å². The number of halogens is 1. The lowest BCUT2D eigenvalue weighted by Gasteiger charge is -2.26. The average Bonchev–Trinajstić information content (AvgIpc) is 3.53. The minimum atomic E-state index is -0.808. The van der Waals surface area contributed by atoms with Crippen molar-refractivity contribution in [3.05, 3.63) is 71.0 Å². The number of anilines is 1. The number of morpholine rings is 1. The highest BCUT2D eigenvalue weighted by Crippen LogP contribution is 2.41. The summed E-state index contributed by atoms with van der Waals surface area (Å²) in [5, 5.41) is 0. The summed E-state index contributed by atoms with van der Waals surface area (Å²) in [4.78, 5) is 34.4. The molecule has 0 N–H and O–H groups in total. The molecule has 1 atom stereocenters. The minimum absolute atomic E-state index is 0.185. The molecule has 2 aliphatic rings. The van der Waals surface area contributed by atoms with Crippen molar-refractivity contribution in [3.8, 4) is 11.5 Å². The fourth-order valence-corrected chi connectivity index (χ4v) is 6.34. The van der Waals surface area contributed by atoms with Crippen LogP contribution in [0, 0.1) is 0 Å². The topological polar surface area (TPSA) is 105 Å². The standard InChI is InChI=1S/C28H30BrN3O7S/c1-5-37-21-15-19(29)18(14-20(21)35-4)25-24(27(34)38-6-2)16(3)30-28-32(25)26(33)22(40-28)13-17-7-8-23(39-17)31-9-11-36-12-10-31/h7-8,13-15,25H,5-6,9-12H2,1-4H3/b22-13+/t25-/m1/s1. The second-order valence-corrected chi connectivity index (χ2v) is 10.9. The lowest BCUT2D eigenvalue weighted by atomic mass is 9.95. The van der Waals surface area contributed by atoms with Crippen molar-refractivity contribution in [1.82, 2.24) is 4.57 Å². The van der Waals surface area contributed by atoms with E-state index >= 15 is 0 Å². The summed E-state index contributed by atoms with van der Waals surface area (Å²) >= 11 is 4.88. The molecule has 0 spiro atoms. The van der Waals surface area contributed by atoms with Crippen molar-refractivity contribution in [2.75, 3.05) is 51.5 Å². The molecular formula is C28H30BrN3O7S. The van der Waals surface area contributed by atoms with Gasteiger partial charge in [0.15, 0.2) is 22.2 Å². The van der Waals surface area contributed by atoms with Gasteiger partial charge in [0, 0.05) is 29.7 Å². The molecule has 3 aromatic rings. The van der Waals surface area contributed by atoms with Gasteiger partial charge >= 0.3 is 5.97 Å². The van der Waals surface area contributed by atoms with E-state index in [-0.39, 0.29) is 17.7 Å².